The van der Waals surface area contributed by atoms with E-state index in [1.54, 1.807) is 19.2 Å². The molecule has 2 heterocycles. The maximum atomic E-state index is 12.5. The number of aromatic nitrogens is 3. The van der Waals surface area contributed by atoms with Crippen molar-refractivity contribution in [2.45, 2.75) is 23.5 Å². The molecule has 2 N–H and O–H groups in total. The van der Waals surface area contributed by atoms with E-state index in [0.717, 1.165) is 0 Å². The quantitative estimate of drug-likeness (QED) is 0.783. The van der Waals surface area contributed by atoms with Crippen LogP contribution in [0.5, 0.6) is 0 Å². The Morgan fingerprint density at radius 2 is 2.29 bits per heavy atom. The summed E-state index contributed by atoms with van der Waals surface area (Å²) < 4.78 is 34.2. The summed E-state index contributed by atoms with van der Waals surface area (Å²) in [4.78, 5) is 0.0471. The van der Waals surface area contributed by atoms with E-state index in [9.17, 15) is 13.5 Å². The summed E-state index contributed by atoms with van der Waals surface area (Å²) >= 11 is 0. The highest BCUT2D eigenvalue weighted by molar-refractivity contribution is 7.89. The van der Waals surface area contributed by atoms with Gasteiger partial charge in [0, 0.05) is 13.7 Å². The standard InChI is InChI=1S/C12H16N4O4S/c1-16-9-3-2-4-11(12(9)13-15-16)21(18,19)14-8-7-20-6-5-10(8)17/h2-4,8,10,14,17H,5-7H2,1H3/t8-,10-/m1/s1. The largest absolute Gasteiger partial charge is 0.391 e. The van der Waals surface area contributed by atoms with E-state index in [1.165, 1.54) is 10.7 Å². The van der Waals surface area contributed by atoms with Gasteiger partial charge in [0.1, 0.15) is 10.4 Å². The number of rotatable bonds is 3. The average Bonchev–Trinajstić information content (AvgIpc) is 2.83. The van der Waals surface area contributed by atoms with Crippen LogP contribution in [0.2, 0.25) is 0 Å². The highest BCUT2D eigenvalue weighted by Crippen LogP contribution is 2.21. The maximum Gasteiger partial charge on any atom is 0.243 e. The van der Waals surface area contributed by atoms with Crippen molar-refractivity contribution in [2.75, 3.05) is 13.2 Å². The molecule has 21 heavy (non-hydrogen) atoms. The van der Waals surface area contributed by atoms with Crippen LogP contribution in [-0.2, 0) is 21.8 Å². The minimum Gasteiger partial charge on any atom is -0.391 e. The van der Waals surface area contributed by atoms with Crippen molar-refractivity contribution < 1.29 is 18.3 Å². The summed E-state index contributed by atoms with van der Waals surface area (Å²) in [7, 11) is -2.12. The molecule has 3 rings (SSSR count). The van der Waals surface area contributed by atoms with Gasteiger partial charge in [-0.1, -0.05) is 11.3 Å². The van der Waals surface area contributed by atoms with Crippen LogP contribution in [0.25, 0.3) is 11.0 Å². The second-order valence-electron chi connectivity index (χ2n) is 5.00. The van der Waals surface area contributed by atoms with Crippen molar-refractivity contribution in [3.8, 4) is 0 Å². The number of nitrogens with one attached hydrogen (secondary N) is 1. The summed E-state index contributed by atoms with van der Waals surface area (Å²) in [5, 5.41) is 17.6. The molecule has 1 aliphatic rings. The van der Waals surface area contributed by atoms with Crippen LogP contribution in [0.1, 0.15) is 6.42 Å². The van der Waals surface area contributed by atoms with E-state index in [-0.39, 0.29) is 11.5 Å². The van der Waals surface area contributed by atoms with E-state index < -0.39 is 22.2 Å². The summed E-state index contributed by atoms with van der Waals surface area (Å²) in [5.74, 6) is 0. The van der Waals surface area contributed by atoms with Gasteiger partial charge in [-0.25, -0.2) is 17.8 Å². The molecular weight excluding hydrogens is 296 g/mol. The zero-order valence-electron chi connectivity index (χ0n) is 11.4. The van der Waals surface area contributed by atoms with E-state index in [4.69, 9.17) is 4.74 Å². The average molecular weight is 312 g/mol. The summed E-state index contributed by atoms with van der Waals surface area (Å²) in [6.07, 6.45) is -0.350. The molecule has 0 bridgehead atoms. The Bertz CT molecular complexity index is 758. The minimum absolute atomic E-state index is 0.0471. The minimum atomic E-state index is -3.81. The van der Waals surface area contributed by atoms with E-state index >= 15 is 0 Å². The summed E-state index contributed by atoms with van der Waals surface area (Å²) in [5.41, 5.74) is 0.928. The molecule has 0 aliphatic carbocycles. The fourth-order valence-electron chi connectivity index (χ4n) is 2.35. The molecule has 9 heteroatoms. The normalized spacial score (nSPS) is 23.5. The second kappa shape index (κ2) is 5.34. The van der Waals surface area contributed by atoms with Crippen molar-refractivity contribution >= 4 is 21.1 Å². The zero-order valence-corrected chi connectivity index (χ0v) is 12.2. The first kappa shape index (κ1) is 14.4. The van der Waals surface area contributed by atoms with Crippen molar-refractivity contribution in [3.63, 3.8) is 0 Å². The third-order valence-corrected chi connectivity index (χ3v) is 5.04. The molecule has 114 valence electrons. The number of aliphatic hydroxyl groups excluding tert-OH is 1. The van der Waals surface area contributed by atoms with Crippen molar-refractivity contribution in [2.24, 2.45) is 7.05 Å². The van der Waals surface area contributed by atoms with Crippen LogP contribution in [0.4, 0.5) is 0 Å². The monoisotopic (exact) mass is 312 g/mol. The van der Waals surface area contributed by atoms with Gasteiger partial charge < -0.3 is 9.84 Å². The van der Waals surface area contributed by atoms with Crippen LogP contribution < -0.4 is 4.72 Å². The lowest BCUT2D eigenvalue weighted by atomic mass is 10.1. The second-order valence-corrected chi connectivity index (χ2v) is 6.68. The lowest BCUT2D eigenvalue weighted by Gasteiger charge is -2.28. The first-order valence-electron chi connectivity index (χ1n) is 6.55. The first-order valence-corrected chi connectivity index (χ1v) is 8.04. The van der Waals surface area contributed by atoms with Gasteiger partial charge in [-0.15, -0.1) is 5.10 Å². The Hall–Kier alpha value is -1.55. The number of aryl methyl sites for hydroxylation is 1. The van der Waals surface area contributed by atoms with Gasteiger partial charge in [0.2, 0.25) is 10.0 Å². The molecule has 1 fully saturated rings. The van der Waals surface area contributed by atoms with Crippen LogP contribution in [-0.4, -0.2) is 53.9 Å². The third-order valence-electron chi connectivity index (χ3n) is 3.52. The topological polar surface area (TPSA) is 106 Å². The number of fused-ring (bicyclic) bond motifs is 1. The van der Waals surface area contributed by atoms with Crippen molar-refractivity contribution in [3.05, 3.63) is 18.2 Å². The number of ether oxygens (including phenoxy) is 1. The number of hydrogen-bond acceptors (Lipinski definition) is 6. The van der Waals surface area contributed by atoms with Crippen molar-refractivity contribution in [1.29, 1.82) is 0 Å². The molecule has 1 aromatic heterocycles. The lowest BCUT2D eigenvalue weighted by Crippen LogP contribution is -2.49. The molecule has 0 radical (unpaired) electrons. The zero-order chi connectivity index (χ0) is 15.0. The number of hydrogen-bond donors (Lipinski definition) is 2. The molecule has 0 amide bonds. The highest BCUT2D eigenvalue weighted by atomic mass is 32.2. The van der Waals surface area contributed by atoms with Gasteiger partial charge in [0.25, 0.3) is 0 Å². The highest BCUT2D eigenvalue weighted by Gasteiger charge is 2.30. The predicted octanol–water partition coefficient (Wildman–Crippen LogP) is -0.604. The van der Waals surface area contributed by atoms with E-state index in [1.807, 2.05) is 0 Å². The molecule has 2 aromatic rings. The maximum absolute atomic E-state index is 12.5. The van der Waals surface area contributed by atoms with Gasteiger partial charge in [0.05, 0.1) is 24.3 Å². The van der Waals surface area contributed by atoms with E-state index in [0.29, 0.717) is 24.1 Å². The number of nitrogens with zero attached hydrogens (tertiary/aromatic N) is 3. The first-order chi connectivity index (χ1) is 9.99. The number of benzene rings is 1. The lowest BCUT2D eigenvalue weighted by molar-refractivity contribution is -0.00840. The SMILES string of the molecule is Cn1nnc2c(S(=O)(=O)N[C@@H]3COCC[C@H]3O)cccc21. The van der Waals surface area contributed by atoms with Gasteiger partial charge in [0.15, 0.2) is 0 Å². The summed E-state index contributed by atoms with van der Waals surface area (Å²) in [6.45, 7) is 0.579. The molecule has 0 saturated carbocycles. The Morgan fingerprint density at radius 3 is 3.05 bits per heavy atom. The molecule has 8 nitrogen and oxygen atoms in total. The van der Waals surface area contributed by atoms with Gasteiger partial charge in [-0.3, -0.25) is 0 Å². The van der Waals surface area contributed by atoms with E-state index in [2.05, 4.69) is 15.0 Å². The predicted molar refractivity (Wildman–Crippen MR) is 74.1 cm³/mol. The van der Waals surface area contributed by atoms with Gasteiger partial charge in [-0.05, 0) is 18.6 Å². The Labute approximate surface area is 121 Å². The van der Waals surface area contributed by atoms with Gasteiger partial charge >= 0.3 is 0 Å². The molecule has 0 spiro atoms. The molecular formula is C12H16N4O4S. The number of aliphatic hydroxyl groups is 1. The van der Waals surface area contributed by atoms with Crippen molar-refractivity contribution in [1.82, 2.24) is 19.7 Å². The molecule has 1 aliphatic heterocycles. The third kappa shape index (κ3) is 2.64. The summed E-state index contributed by atoms with van der Waals surface area (Å²) in [6, 6.07) is 4.19. The fourth-order valence-corrected chi connectivity index (χ4v) is 3.76. The smallest absolute Gasteiger partial charge is 0.243 e. The Kier molecular flexibility index (Phi) is 3.66. The molecule has 2 atom stereocenters. The van der Waals surface area contributed by atoms with Crippen LogP contribution in [0.3, 0.4) is 0 Å². The number of sulfonamides is 1. The Balaban J connectivity index is 1.96. The van der Waals surface area contributed by atoms with Crippen LogP contribution in [0.15, 0.2) is 23.1 Å². The van der Waals surface area contributed by atoms with Gasteiger partial charge in [-0.2, -0.15) is 0 Å². The Morgan fingerprint density at radius 1 is 1.48 bits per heavy atom. The molecule has 1 aromatic carbocycles. The van der Waals surface area contributed by atoms with Crippen LogP contribution in [0, 0.1) is 0 Å². The molecule has 0 unspecified atom stereocenters. The molecule has 1 saturated heterocycles. The van der Waals surface area contributed by atoms with Crippen LogP contribution >= 0.6 is 0 Å². The fraction of sp³-hybridized carbons (Fsp3) is 0.500.